The Labute approximate surface area is 116 Å². The van der Waals surface area contributed by atoms with Gasteiger partial charge in [-0.1, -0.05) is 24.8 Å². The summed E-state index contributed by atoms with van der Waals surface area (Å²) in [5.41, 5.74) is 0. The number of benzene rings is 1. The molecule has 0 atom stereocenters. The molecule has 0 fully saturated rings. The van der Waals surface area contributed by atoms with Crippen LogP contribution in [0.15, 0.2) is 43.0 Å². The fourth-order valence-corrected chi connectivity index (χ4v) is 0.646. The number of ether oxygens (including phenoxy) is 1. The summed E-state index contributed by atoms with van der Waals surface area (Å²) in [4.78, 5) is 10.6. The van der Waals surface area contributed by atoms with Crippen LogP contribution in [0.3, 0.4) is 0 Å². The first kappa shape index (κ1) is 12.1. The minimum absolute atomic E-state index is 0. The van der Waals surface area contributed by atoms with Crippen LogP contribution in [0.25, 0.3) is 0 Å². The van der Waals surface area contributed by atoms with E-state index in [9.17, 15) is 4.79 Å². The van der Waals surface area contributed by atoms with Crippen LogP contribution in [0.5, 0.6) is 5.75 Å². The summed E-state index contributed by atoms with van der Waals surface area (Å²) in [6.07, 6.45) is 1.13. The van der Waals surface area contributed by atoms with Crippen molar-refractivity contribution in [3.63, 3.8) is 0 Å². The van der Waals surface area contributed by atoms with Crippen molar-refractivity contribution in [1.82, 2.24) is 0 Å². The van der Waals surface area contributed by atoms with E-state index in [0.29, 0.717) is 5.75 Å². The fraction of sp³-hybridized carbons (Fsp3) is 0. The Morgan fingerprint density at radius 2 is 2.00 bits per heavy atom. The summed E-state index contributed by atoms with van der Waals surface area (Å²) in [5, 5.41) is 0. The summed E-state index contributed by atoms with van der Waals surface area (Å²) >= 11 is 0. The Kier molecular flexibility index (Phi) is 6.60. The van der Waals surface area contributed by atoms with E-state index in [-0.39, 0.29) is 52.8 Å². The molecule has 0 aliphatic rings. The van der Waals surface area contributed by atoms with Crippen molar-refractivity contribution >= 4 is 5.97 Å². The van der Waals surface area contributed by atoms with Crippen LogP contribution < -0.4 is 56.1 Å². The Bertz CT molecular complexity index is 262. The molecule has 0 radical (unpaired) electrons. The van der Waals surface area contributed by atoms with Crippen LogP contribution >= 0.6 is 0 Å². The predicted octanol–water partition coefficient (Wildman–Crippen LogP) is -1.11. The van der Waals surface area contributed by atoms with Crippen molar-refractivity contribution < 1.29 is 62.3 Å². The van der Waals surface area contributed by atoms with Crippen LogP contribution in [0.1, 0.15) is 1.43 Å². The molecule has 58 valence electrons. The van der Waals surface area contributed by atoms with Gasteiger partial charge in [-0.25, -0.2) is 4.79 Å². The summed E-state index contributed by atoms with van der Waals surface area (Å²) in [6.45, 7) is 3.28. The van der Waals surface area contributed by atoms with Crippen LogP contribution in [-0.2, 0) is 4.79 Å². The number of esters is 1. The maximum atomic E-state index is 10.6. The van der Waals surface area contributed by atoms with Gasteiger partial charge in [-0.15, -0.1) is 0 Å². The van der Waals surface area contributed by atoms with Gasteiger partial charge in [-0.2, -0.15) is 0 Å². The van der Waals surface area contributed by atoms with E-state index in [2.05, 4.69) is 6.58 Å². The molecule has 3 heteroatoms. The third kappa shape index (κ3) is 4.18. The molecule has 0 heterocycles. The molecule has 1 rings (SSSR count). The molecule has 0 bridgehead atoms. The summed E-state index contributed by atoms with van der Waals surface area (Å²) in [6, 6.07) is 8.87. The first-order valence-electron chi connectivity index (χ1n) is 3.22. The van der Waals surface area contributed by atoms with Gasteiger partial charge in [0.1, 0.15) is 5.75 Å². The molecule has 0 spiro atoms. The Balaban J connectivity index is 0. The van der Waals surface area contributed by atoms with Gasteiger partial charge in [0.25, 0.3) is 0 Å². The van der Waals surface area contributed by atoms with Crippen LogP contribution in [0.2, 0.25) is 0 Å². The number of hydrogen-bond donors (Lipinski definition) is 0. The van der Waals surface area contributed by atoms with E-state index in [1.54, 1.807) is 24.3 Å². The van der Waals surface area contributed by atoms with Crippen molar-refractivity contribution in [2.24, 2.45) is 0 Å². The van der Waals surface area contributed by atoms with Gasteiger partial charge in [0, 0.05) is 6.08 Å². The molecule has 0 N–H and O–H groups in total. The van der Waals surface area contributed by atoms with Gasteiger partial charge in [-0.3, -0.25) is 0 Å². The molecular weight excluding hydrogens is 179 g/mol. The van der Waals surface area contributed by atoms with Gasteiger partial charge < -0.3 is 6.16 Å². The Morgan fingerprint density at radius 3 is 2.50 bits per heavy atom. The Hall–Kier alpha value is 0.0664. The second-order valence-corrected chi connectivity index (χ2v) is 1.94. The molecular formula is C9H9KO2. The monoisotopic (exact) mass is 188 g/mol. The maximum Gasteiger partial charge on any atom is 1.00 e. The minimum Gasteiger partial charge on any atom is -1.00 e. The second kappa shape index (κ2) is 6.57. The van der Waals surface area contributed by atoms with Gasteiger partial charge in [-0.05, 0) is 12.1 Å². The standard InChI is InChI=1S/C9H8O2.K.H/c1-2-9(10)11-8-6-4-3-5-7-8;;/h2-7H,1H2;;/q;+1;-1. The molecule has 1 aromatic rings. The van der Waals surface area contributed by atoms with Gasteiger partial charge >= 0.3 is 57.4 Å². The Morgan fingerprint density at radius 1 is 1.42 bits per heavy atom. The number of carbonyl (C=O) groups is 1. The van der Waals surface area contributed by atoms with Gasteiger partial charge in [0.15, 0.2) is 0 Å². The average molecular weight is 188 g/mol. The first-order chi connectivity index (χ1) is 5.33. The molecule has 0 saturated carbocycles. The molecule has 0 aliphatic carbocycles. The third-order valence-electron chi connectivity index (χ3n) is 1.13. The predicted molar refractivity (Wildman–Crippen MR) is 43.4 cm³/mol. The van der Waals surface area contributed by atoms with Crippen LogP contribution in [0, 0.1) is 0 Å². The largest absolute Gasteiger partial charge is 1.00 e. The number of hydrogen-bond acceptors (Lipinski definition) is 2. The summed E-state index contributed by atoms with van der Waals surface area (Å²) < 4.78 is 4.81. The topological polar surface area (TPSA) is 26.3 Å². The molecule has 1 aromatic carbocycles. The number of rotatable bonds is 2. The summed E-state index contributed by atoms with van der Waals surface area (Å²) in [7, 11) is 0. The molecule has 12 heavy (non-hydrogen) atoms. The van der Waals surface area contributed by atoms with E-state index in [1.165, 1.54) is 0 Å². The molecule has 0 amide bonds. The zero-order chi connectivity index (χ0) is 8.10. The molecule has 2 nitrogen and oxygen atoms in total. The molecule has 0 aliphatic heterocycles. The SMILES string of the molecule is C=CC(=O)Oc1ccccc1.[H-].[K+]. The number of carbonyl (C=O) groups excluding carboxylic acids is 1. The van der Waals surface area contributed by atoms with Crippen molar-refractivity contribution in [2.75, 3.05) is 0 Å². The van der Waals surface area contributed by atoms with E-state index < -0.39 is 5.97 Å². The van der Waals surface area contributed by atoms with Crippen molar-refractivity contribution in [3.8, 4) is 5.75 Å². The molecule has 0 saturated heterocycles. The fourth-order valence-electron chi connectivity index (χ4n) is 0.646. The van der Waals surface area contributed by atoms with E-state index >= 15 is 0 Å². The number of para-hydroxylation sites is 1. The zero-order valence-electron chi connectivity index (χ0n) is 7.99. The van der Waals surface area contributed by atoms with E-state index in [1.807, 2.05) is 6.07 Å². The van der Waals surface area contributed by atoms with E-state index in [0.717, 1.165) is 6.08 Å². The summed E-state index contributed by atoms with van der Waals surface area (Å²) in [5.74, 6) is 0.105. The minimum atomic E-state index is -0.434. The molecule has 0 unspecified atom stereocenters. The van der Waals surface area contributed by atoms with Crippen molar-refractivity contribution in [3.05, 3.63) is 43.0 Å². The normalized spacial score (nSPS) is 8.00. The average Bonchev–Trinajstić information content (AvgIpc) is 2.06. The van der Waals surface area contributed by atoms with Crippen LogP contribution in [0.4, 0.5) is 0 Å². The quantitative estimate of drug-likeness (QED) is 0.255. The maximum absolute atomic E-state index is 10.6. The smallest absolute Gasteiger partial charge is 1.00 e. The zero-order valence-corrected chi connectivity index (χ0v) is 10.1. The van der Waals surface area contributed by atoms with Gasteiger partial charge in [0.05, 0.1) is 0 Å². The second-order valence-electron chi connectivity index (χ2n) is 1.94. The molecule has 0 aromatic heterocycles. The third-order valence-corrected chi connectivity index (χ3v) is 1.13. The van der Waals surface area contributed by atoms with E-state index in [4.69, 9.17) is 4.74 Å². The van der Waals surface area contributed by atoms with Gasteiger partial charge in [0.2, 0.25) is 0 Å². The van der Waals surface area contributed by atoms with Crippen LogP contribution in [-0.4, -0.2) is 5.97 Å². The van der Waals surface area contributed by atoms with Crippen molar-refractivity contribution in [2.45, 2.75) is 0 Å². The van der Waals surface area contributed by atoms with Crippen molar-refractivity contribution in [1.29, 1.82) is 0 Å². The first-order valence-corrected chi connectivity index (χ1v) is 3.22.